The lowest BCUT2D eigenvalue weighted by Crippen LogP contribution is -2.59. The zero-order chi connectivity index (χ0) is 35.8. The summed E-state index contributed by atoms with van der Waals surface area (Å²) < 4.78 is 29.2. The van der Waals surface area contributed by atoms with Crippen molar-refractivity contribution in [3.05, 3.63) is 47.3 Å². The number of hydrogen-bond acceptors (Lipinski definition) is 10. The van der Waals surface area contributed by atoms with Crippen LogP contribution in [0.2, 0.25) is 0 Å². The molecule has 10 heteroatoms. The predicted molar refractivity (Wildman–Crippen MR) is 180 cm³/mol. The average molecular weight is 665 g/mol. The van der Waals surface area contributed by atoms with Crippen molar-refractivity contribution in [1.82, 2.24) is 0 Å². The van der Waals surface area contributed by atoms with Crippen LogP contribution >= 0.6 is 0 Å². The molecule has 0 spiro atoms. The standard InChI is InChI=1S/C37H60O10/c1-20(2)34-25(7)31(45-28(10)38)19-37(42,47-34)27(9)33(40)26(8)35-29(43-11)15-13-14-21(3)16-23(5)32(39)24(6)17-22(4)18-30(44-12)36(41)46-35/h13-15,17-18,20,23-27,29,31-35,39-40,42H,16,19H2,1-12H3/b15-13+,21-14+,22-17+,30-18-/t23-,24-,25+,26+,27+,29+,31-,32+,33-,34-,35-,37-/m1/s1. The fraction of sp³-hybridized carbons (Fsp3) is 0.730. The zero-order valence-electron chi connectivity index (χ0n) is 30.4. The minimum Gasteiger partial charge on any atom is -0.490 e. The molecule has 0 radical (unpaired) electrons. The smallest absolute Gasteiger partial charge is 0.373 e. The van der Waals surface area contributed by atoms with E-state index in [2.05, 4.69) is 0 Å². The van der Waals surface area contributed by atoms with E-state index >= 15 is 0 Å². The molecule has 0 unspecified atom stereocenters. The van der Waals surface area contributed by atoms with Crippen molar-refractivity contribution in [2.45, 2.75) is 124 Å². The highest BCUT2D eigenvalue weighted by atomic mass is 16.6. The highest BCUT2D eigenvalue weighted by Crippen LogP contribution is 2.42. The number of aliphatic hydroxyl groups is 3. The summed E-state index contributed by atoms with van der Waals surface area (Å²) in [5.74, 6) is -5.15. The molecule has 268 valence electrons. The first-order chi connectivity index (χ1) is 21.9. The number of carbonyl (C=O) groups excluding carboxylic acids is 2. The molecule has 0 aromatic rings. The third kappa shape index (κ3) is 10.7. The Labute approximate surface area is 281 Å². The van der Waals surface area contributed by atoms with E-state index in [0.717, 1.165) is 5.57 Å². The van der Waals surface area contributed by atoms with E-state index in [1.54, 1.807) is 26.0 Å². The van der Waals surface area contributed by atoms with E-state index in [1.165, 1.54) is 21.1 Å². The Kier molecular flexibility index (Phi) is 15.4. The summed E-state index contributed by atoms with van der Waals surface area (Å²) in [5.41, 5.74) is 1.76. The van der Waals surface area contributed by atoms with Crippen molar-refractivity contribution in [3.8, 4) is 0 Å². The fourth-order valence-electron chi connectivity index (χ4n) is 6.88. The molecule has 0 saturated carbocycles. The molecule has 2 heterocycles. The van der Waals surface area contributed by atoms with Gasteiger partial charge in [-0.2, -0.15) is 0 Å². The van der Waals surface area contributed by atoms with Crippen LogP contribution in [-0.4, -0.2) is 83.9 Å². The van der Waals surface area contributed by atoms with Crippen molar-refractivity contribution < 1.29 is 48.6 Å². The molecular formula is C37H60O10. The minimum atomic E-state index is -1.84. The van der Waals surface area contributed by atoms with Crippen LogP contribution in [-0.2, 0) is 33.3 Å². The van der Waals surface area contributed by atoms with Gasteiger partial charge in [0.1, 0.15) is 18.3 Å². The third-order valence-corrected chi connectivity index (χ3v) is 9.79. The monoisotopic (exact) mass is 664 g/mol. The van der Waals surface area contributed by atoms with Crippen molar-refractivity contribution >= 4 is 11.9 Å². The van der Waals surface area contributed by atoms with Gasteiger partial charge in [-0.15, -0.1) is 0 Å². The normalized spacial score (nSPS) is 39.1. The van der Waals surface area contributed by atoms with Crippen LogP contribution in [0.4, 0.5) is 0 Å². The quantitative estimate of drug-likeness (QED) is 0.294. The van der Waals surface area contributed by atoms with Crippen molar-refractivity contribution in [2.24, 2.45) is 35.5 Å². The summed E-state index contributed by atoms with van der Waals surface area (Å²) in [7, 11) is 2.86. The first-order valence-electron chi connectivity index (χ1n) is 16.8. The van der Waals surface area contributed by atoms with Crippen molar-refractivity contribution in [1.29, 1.82) is 0 Å². The maximum atomic E-state index is 13.6. The van der Waals surface area contributed by atoms with Crippen LogP contribution in [0.5, 0.6) is 0 Å². The highest BCUT2D eigenvalue weighted by Gasteiger charge is 2.53. The predicted octanol–water partition coefficient (Wildman–Crippen LogP) is 5.26. The summed E-state index contributed by atoms with van der Waals surface area (Å²) in [6, 6.07) is 0. The van der Waals surface area contributed by atoms with Crippen LogP contribution in [0.25, 0.3) is 0 Å². The van der Waals surface area contributed by atoms with Crippen LogP contribution in [0, 0.1) is 35.5 Å². The Hall–Kier alpha value is -2.50. The Morgan fingerprint density at radius 1 is 1.09 bits per heavy atom. The number of cyclic esters (lactones) is 1. The number of ether oxygens (including phenoxy) is 5. The van der Waals surface area contributed by atoms with E-state index in [4.69, 9.17) is 23.7 Å². The number of carbonyl (C=O) groups is 2. The van der Waals surface area contributed by atoms with Gasteiger partial charge in [0, 0.05) is 44.1 Å². The van der Waals surface area contributed by atoms with Crippen LogP contribution in [0.3, 0.4) is 0 Å². The molecule has 0 amide bonds. The van der Waals surface area contributed by atoms with E-state index in [9.17, 15) is 24.9 Å². The number of methoxy groups -OCH3 is 2. The molecule has 10 nitrogen and oxygen atoms in total. The number of rotatable bonds is 8. The number of aliphatic hydroxyl groups excluding tert-OH is 2. The maximum absolute atomic E-state index is 13.6. The van der Waals surface area contributed by atoms with Gasteiger partial charge < -0.3 is 39.0 Å². The number of hydrogen-bond donors (Lipinski definition) is 3. The Balaban J connectivity index is 2.55. The number of esters is 2. The molecule has 2 rings (SSSR count). The molecule has 12 atom stereocenters. The zero-order valence-corrected chi connectivity index (χ0v) is 30.4. The molecule has 2 aliphatic rings. The average Bonchev–Trinajstić information content (AvgIpc) is 3.00. The molecule has 0 bridgehead atoms. The first kappa shape index (κ1) is 40.7. The van der Waals surface area contributed by atoms with Gasteiger partial charge in [-0.1, -0.05) is 83.9 Å². The Morgan fingerprint density at radius 2 is 1.72 bits per heavy atom. The molecule has 3 N–H and O–H groups in total. The SMILES string of the molecule is CO/C1=C\C(C)=C\[C@@H](C)[C@@H](O)[C@H](C)C/C(C)=C/C=C/[C@H](OC)[C@@H]([C@@H](C)[C@@H](O)[C@H](C)[C@@]2(O)C[C@@H](OC(C)=O)[C@H](C)[C@@H](C(C)C)O2)OC1=O. The van der Waals surface area contributed by atoms with Gasteiger partial charge in [0.05, 0.1) is 25.4 Å². The molecular weight excluding hydrogens is 604 g/mol. The summed E-state index contributed by atoms with van der Waals surface area (Å²) in [5, 5.41) is 34.7. The van der Waals surface area contributed by atoms with Crippen molar-refractivity contribution in [2.75, 3.05) is 14.2 Å². The second kappa shape index (κ2) is 17.8. The summed E-state index contributed by atoms with van der Waals surface area (Å²) in [6.45, 7) is 18.3. The topological polar surface area (TPSA) is 141 Å². The summed E-state index contributed by atoms with van der Waals surface area (Å²) >= 11 is 0. The van der Waals surface area contributed by atoms with Gasteiger partial charge in [-0.25, -0.2) is 4.79 Å². The van der Waals surface area contributed by atoms with Gasteiger partial charge in [0.15, 0.2) is 5.79 Å². The van der Waals surface area contributed by atoms with Crippen LogP contribution in [0.15, 0.2) is 47.3 Å². The van der Waals surface area contributed by atoms with Crippen LogP contribution < -0.4 is 0 Å². The highest BCUT2D eigenvalue weighted by molar-refractivity contribution is 5.87. The Bertz CT molecular complexity index is 1170. The lowest BCUT2D eigenvalue weighted by molar-refractivity contribution is -0.329. The van der Waals surface area contributed by atoms with Gasteiger partial charge in [-0.05, 0) is 38.2 Å². The van der Waals surface area contributed by atoms with Gasteiger partial charge in [0.2, 0.25) is 5.76 Å². The maximum Gasteiger partial charge on any atom is 0.373 e. The van der Waals surface area contributed by atoms with Gasteiger partial charge >= 0.3 is 11.9 Å². The summed E-state index contributed by atoms with van der Waals surface area (Å²) in [6.07, 6.45) is 4.90. The minimum absolute atomic E-state index is 0.00351. The largest absolute Gasteiger partial charge is 0.490 e. The van der Waals surface area contributed by atoms with E-state index < -0.39 is 66.2 Å². The molecule has 47 heavy (non-hydrogen) atoms. The van der Waals surface area contributed by atoms with Crippen molar-refractivity contribution in [3.63, 3.8) is 0 Å². The summed E-state index contributed by atoms with van der Waals surface area (Å²) in [4.78, 5) is 25.5. The molecule has 0 aromatic heterocycles. The third-order valence-electron chi connectivity index (χ3n) is 9.79. The molecule has 0 aliphatic carbocycles. The molecule has 1 saturated heterocycles. The second-order valence-corrected chi connectivity index (χ2v) is 14.1. The fourth-order valence-corrected chi connectivity index (χ4v) is 6.88. The van der Waals surface area contributed by atoms with Gasteiger partial charge in [0.25, 0.3) is 0 Å². The second-order valence-electron chi connectivity index (χ2n) is 14.1. The van der Waals surface area contributed by atoms with E-state index in [1.807, 2.05) is 66.7 Å². The first-order valence-corrected chi connectivity index (χ1v) is 16.8. The van der Waals surface area contributed by atoms with E-state index in [-0.39, 0.29) is 35.9 Å². The van der Waals surface area contributed by atoms with Gasteiger partial charge in [-0.3, -0.25) is 4.79 Å². The molecule has 1 fully saturated rings. The lowest BCUT2D eigenvalue weighted by atomic mass is 9.76. The number of allylic oxidation sites excluding steroid dienone is 5. The molecule has 0 aromatic carbocycles. The van der Waals surface area contributed by atoms with E-state index in [0.29, 0.717) is 12.0 Å². The Morgan fingerprint density at radius 3 is 2.28 bits per heavy atom. The lowest BCUT2D eigenvalue weighted by Gasteiger charge is -2.50. The molecule has 2 aliphatic heterocycles. The van der Waals surface area contributed by atoms with Crippen LogP contribution in [0.1, 0.15) is 82.1 Å².